The maximum absolute atomic E-state index is 11.4. The van der Waals surface area contributed by atoms with Crippen LogP contribution < -0.4 is 11.1 Å². The Labute approximate surface area is 129 Å². The highest BCUT2D eigenvalue weighted by Gasteiger charge is 2.12. The second-order valence-electron chi connectivity index (χ2n) is 4.54. The number of hydrogen-bond acceptors (Lipinski definition) is 3. The molecule has 4 N–H and O–H groups in total. The Hall–Kier alpha value is -2.34. The fourth-order valence-electron chi connectivity index (χ4n) is 1.90. The Morgan fingerprint density at radius 2 is 1.86 bits per heavy atom. The maximum Gasteiger partial charge on any atom is 0.336 e. The zero-order valence-electron chi connectivity index (χ0n) is 11.2. The number of aromatic carboxylic acids is 1. The molecule has 0 saturated heterocycles. The molecule has 0 unspecified atom stereocenters. The third kappa shape index (κ3) is 3.41. The summed E-state index contributed by atoms with van der Waals surface area (Å²) in [6, 6.07) is 10.0. The SMILES string of the molecule is Cc1ccc(C(N)=O)c(Nc2ccc(Br)c(C(=O)O)c2)c1. The summed E-state index contributed by atoms with van der Waals surface area (Å²) in [5.74, 6) is -1.59. The molecule has 108 valence electrons. The lowest BCUT2D eigenvalue weighted by molar-refractivity contribution is 0.0695. The molecule has 2 aromatic rings. The van der Waals surface area contributed by atoms with Gasteiger partial charge in [0, 0.05) is 10.2 Å². The Kier molecular flexibility index (Phi) is 4.28. The van der Waals surface area contributed by atoms with Crippen LogP contribution in [0.25, 0.3) is 0 Å². The second kappa shape index (κ2) is 5.97. The average Bonchev–Trinajstić information content (AvgIpc) is 2.40. The number of amides is 1. The number of anilines is 2. The van der Waals surface area contributed by atoms with Crippen LogP contribution in [-0.4, -0.2) is 17.0 Å². The zero-order valence-corrected chi connectivity index (χ0v) is 12.8. The molecule has 0 spiro atoms. The van der Waals surface area contributed by atoms with E-state index in [2.05, 4.69) is 21.2 Å². The summed E-state index contributed by atoms with van der Waals surface area (Å²) in [6.45, 7) is 1.89. The molecule has 0 fully saturated rings. The van der Waals surface area contributed by atoms with Gasteiger partial charge in [0.25, 0.3) is 5.91 Å². The van der Waals surface area contributed by atoms with Crippen LogP contribution in [-0.2, 0) is 0 Å². The third-order valence-electron chi connectivity index (χ3n) is 2.92. The number of benzene rings is 2. The molecule has 0 atom stereocenters. The second-order valence-corrected chi connectivity index (χ2v) is 5.39. The first kappa shape index (κ1) is 15.1. The number of hydrogen-bond donors (Lipinski definition) is 3. The number of primary amides is 1. The summed E-state index contributed by atoms with van der Waals surface area (Å²) in [6.07, 6.45) is 0. The normalized spacial score (nSPS) is 10.2. The number of carbonyl (C=O) groups excluding carboxylic acids is 1. The quantitative estimate of drug-likeness (QED) is 0.790. The fraction of sp³-hybridized carbons (Fsp3) is 0.0667. The number of aryl methyl sites for hydroxylation is 1. The molecular weight excluding hydrogens is 336 g/mol. The number of rotatable bonds is 4. The van der Waals surface area contributed by atoms with E-state index >= 15 is 0 Å². The van der Waals surface area contributed by atoms with Crippen LogP contribution in [0.5, 0.6) is 0 Å². The van der Waals surface area contributed by atoms with Crippen molar-refractivity contribution < 1.29 is 14.7 Å². The lowest BCUT2D eigenvalue weighted by Crippen LogP contribution is -2.13. The van der Waals surface area contributed by atoms with Gasteiger partial charge < -0.3 is 16.2 Å². The van der Waals surface area contributed by atoms with Crippen molar-refractivity contribution in [1.29, 1.82) is 0 Å². The van der Waals surface area contributed by atoms with Crippen molar-refractivity contribution in [3.05, 3.63) is 57.6 Å². The highest BCUT2D eigenvalue weighted by Crippen LogP contribution is 2.26. The molecule has 21 heavy (non-hydrogen) atoms. The van der Waals surface area contributed by atoms with Crippen LogP contribution in [0.3, 0.4) is 0 Å². The van der Waals surface area contributed by atoms with E-state index in [-0.39, 0.29) is 5.56 Å². The summed E-state index contributed by atoms with van der Waals surface area (Å²) in [5.41, 5.74) is 7.88. The van der Waals surface area contributed by atoms with Gasteiger partial charge in [0.1, 0.15) is 0 Å². The Balaban J connectivity index is 2.43. The average molecular weight is 349 g/mol. The maximum atomic E-state index is 11.4. The van der Waals surface area contributed by atoms with Gasteiger partial charge in [0.2, 0.25) is 0 Å². The third-order valence-corrected chi connectivity index (χ3v) is 3.61. The molecule has 0 aliphatic carbocycles. The number of nitrogens with two attached hydrogens (primary N) is 1. The lowest BCUT2D eigenvalue weighted by atomic mass is 10.1. The predicted molar refractivity (Wildman–Crippen MR) is 84.1 cm³/mol. The minimum Gasteiger partial charge on any atom is -0.478 e. The Bertz CT molecular complexity index is 729. The van der Waals surface area contributed by atoms with Crippen molar-refractivity contribution in [1.82, 2.24) is 0 Å². The first-order valence-corrected chi connectivity index (χ1v) is 6.88. The topological polar surface area (TPSA) is 92.4 Å². The zero-order chi connectivity index (χ0) is 15.6. The monoisotopic (exact) mass is 348 g/mol. The first-order valence-electron chi connectivity index (χ1n) is 6.09. The van der Waals surface area contributed by atoms with Crippen molar-refractivity contribution in [2.45, 2.75) is 6.92 Å². The highest BCUT2D eigenvalue weighted by molar-refractivity contribution is 9.10. The fourth-order valence-corrected chi connectivity index (χ4v) is 2.32. The minimum absolute atomic E-state index is 0.133. The first-order chi connectivity index (χ1) is 9.88. The van der Waals surface area contributed by atoms with Crippen molar-refractivity contribution in [3.63, 3.8) is 0 Å². The van der Waals surface area contributed by atoms with Gasteiger partial charge >= 0.3 is 5.97 Å². The van der Waals surface area contributed by atoms with Crippen LogP contribution in [0.1, 0.15) is 26.3 Å². The van der Waals surface area contributed by atoms with Crippen molar-refractivity contribution in [3.8, 4) is 0 Å². The molecule has 6 heteroatoms. The summed E-state index contributed by atoms with van der Waals surface area (Å²) >= 11 is 3.18. The van der Waals surface area contributed by atoms with Gasteiger partial charge in [-0.3, -0.25) is 4.79 Å². The van der Waals surface area contributed by atoms with Gasteiger partial charge in [-0.25, -0.2) is 4.79 Å². The van der Waals surface area contributed by atoms with E-state index in [1.54, 1.807) is 30.3 Å². The lowest BCUT2D eigenvalue weighted by Gasteiger charge is -2.12. The van der Waals surface area contributed by atoms with Gasteiger partial charge in [0.05, 0.1) is 16.8 Å². The van der Waals surface area contributed by atoms with Gasteiger partial charge in [0.15, 0.2) is 0 Å². The van der Waals surface area contributed by atoms with Gasteiger partial charge in [-0.2, -0.15) is 0 Å². The number of carboxylic acids is 1. The van der Waals surface area contributed by atoms with Crippen LogP contribution in [0.15, 0.2) is 40.9 Å². The van der Waals surface area contributed by atoms with E-state index in [1.807, 2.05) is 6.92 Å². The van der Waals surface area contributed by atoms with Crippen LogP contribution in [0, 0.1) is 6.92 Å². The van der Waals surface area contributed by atoms with E-state index in [4.69, 9.17) is 10.8 Å². The standard InChI is InChI=1S/C15H13BrN2O3/c1-8-2-4-10(14(17)19)13(6-8)18-9-3-5-12(16)11(7-9)15(20)21/h2-7,18H,1H3,(H2,17,19)(H,20,21). The number of halogens is 1. The molecule has 0 saturated carbocycles. The molecule has 0 bridgehead atoms. The predicted octanol–water partition coefficient (Wildman–Crippen LogP) is 3.30. The molecule has 0 aliphatic rings. The number of carbonyl (C=O) groups is 2. The minimum atomic E-state index is -1.04. The largest absolute Gasteiger partial charge is 0.478 e. The van der Waals surface area contributed by atoms with E-state index < -0.39 is 11.9 Å². The molecule has 5 nitrogen and oxygen atoms in total. The summed E-state index contributed by atoms with van der Waals surface area (Å²) in [5, 5.41) is 12.1. The number of carboxylic acid groups (broad SMARTS) is 1. The van der Waals surface area contributed by atoms with E-state index in [1.165, 1.54) is 6.07 Å². The molecule has 2 aromatic carbocycles. The van der Waals surface area contributed by atoms with Crippen LogP contribution in [0.2, 0.25) is 0 Å². The van der Waals surface area contributed by atoms with Gasteiger partial charge in [-0.05, 0) is 58.7 Å². The molecule has 2 rings (SSSR count). The summed E-state index contributed by atoms with van der Waals surface area (Å²) < 4.78 is 0.486. The molecule has 0 aromatic heterocycles. The Morgan fingerprint density at radius 1 is 1.14 bits per heavy atom. The molecule has 1 amide bonds. The summed E-state index contributed by atoms with van der Waals surface area (Å²) in [7, 11) is 0. The summed E-state index contributed by atoms with van der Waals surface area (Å²) in [4.78, 5) is 22.6. The van der Waals surface area contributed by atoms with Gasteiger partial charge in [-0.15, -0.1) is 0 Å². The van der Waals surface area contributed by atoms with E-state index in [9.17, 15) is 9.59 Å². The Morgan fingerprint density at radius 3 is 2.48 bits per heavy atom. The van der Waals surface area contributed by atoms with E-state index in [0.717, 1.165) is 5.56 Å². The van der Waals surface area contributed by atoms with Gasteiger partial charge in [-0.1, -0.05) is 6.07 Å². The highest BCUT2D eigenvalue weighted by atomic mass is 79.9. The molecule has 0 aliphatic heterocycles. The molecule has 0 heterocycles. The smallest absolute Gasteiger partial charge is 0.336 e. The van der Waals surface area contributed by atoms with Crippen LogP contribution >= 0.6 is 15.9 Å². The van der Waals surface area contributed by atoms with E-state index in [0.29, 0.717) is 21.4 Å². The molecular formula is C15H13BrN2O3. The number of nitrogens with one attached hydrogen (secondary N) is 1. The molecule has 0 radical (unpaired) electrons. The van der Waals surface area contributed by atoms with Crippen LogP contribution in [0.4, 0.5) is 11.4 Å². The van der Waals surface area contributed by atoms with Crippen molar-refractivity contribution in [2.24, 2.45) is 5.73 Å². The van der Waals surface area contributed by atoms with Crippen molar-refractivity contribution >= 4 is 39.2 Å². The van der Waals surface area contributed by atoms with Crippen molar-refractivity contribution in [2.75, 3.05) is 5.32 Å².